The number of rotatable bonds is 4. The van der Waals surface area contributed by atoms with Gasteiger partial charge in [-0.3, -0.25) is 9.78 Å². The van der Waals surface area contributed by atoms with Gasteiger partial charge in [0.2, 0.25) is 0 Å². The van der Waals surface area contributed by atoms with Crippen molar-refractivity contribution >= 4 is 12.3 Å². The number of ether oxygens (including phenoxy) is 2. The summed E-state index contributed by atoms with van der Waals surface area (Å²) in [5.74, 6) is -0.170. The average molecular weight is 257 g/mol. The van der Waals surface area contributed by atoms with Crippen molar-refractivity contribution < 1.29 is 19.1 Å². The summed E-state index contributed by atoms with van der Waals surface area (Å²) in [5, 5.41) is 0. The van der Waals surface area contributed by atoms with E-state index < -0.39 is 5.97 Å². The molecule has 2 aromatic rings. The van der Waals surface area contributed by atoms with E-state index in [1.165, 1.54) is 13.3 Å². The molecule has 0 unspecified atom stereocenters. The minimum Gasteiger partial charge on any atom is -0.493 e. The van der Waals surface area contributed by atoms with E-state index in [4.69, 9.17) is 9.47 Å². The van der Waals surface area contributed by atoms with Crippen molar-refractivity contribution in [3.63, 3.8) is 0 Å². The first kappa shape index (κ1) is 12.8. The fraction of sp³-hybridized carbons (Fsp3) is 0.0714. The van der Waals surface area contributed by atoms with Crippen molar-refractivity contribution in [1.82, 2.24) is 4.98 Å². The van der Waals surface area contributed by atoms with Crippen LogP contribution in [-0.2, 0) is 0 Å². The molecule has 5 nitrogen and oxygen atoms in total. The van der Waals surface area contributed by atoms with Crippen LogP contribution in [0, 0.1) is 0 Å². The molecule has 0 bridgehead atoms. The van der Waals surface area contributed by atoms with Crippen molar-refractivity contribution in [1.29, 1.82) is 0 Å². The maximum absolute atomic E-state index is 11.9. The molecule has 5 heteroatoms. The highest BCUT2D eigenvalue weighted by atomic mass is 16.6. The number of aldehydes is 1. The highest BCUT2D eigenvalue weighted by Gasteiger charge is 2.15. The van der Waals surface area contributed by atoms with Crippen LogP contribution < -0.4 is 9.47 Å². The Hall–Kier alpha value is -2.69. The summed E-state index contributed by atoms with van der Waals surface area (Å²) < 4.78 is 10.3. The Kier molecular flexibility index (Phi) is 3.87. The average Bonchev–Trinajstić information content (AvgIpc) is 2.48. The summed E-state index contributed by atoms with van der Waals surface area (Å²) >= 11 is 0. The van der Waals surface area contributed by atoms with Crippen LogP contribution in [0.15, 0.2) is 42.7 Å². The minimum absolute atomic E-state index is 0.105. The predicted molar refractivity (Wildman–Crippen MR) is 67.6 cm³/mol. The van der Waals surface area contributed by atoms with Gasteiger partial charge in [-0.1, -0.05) is 6.07 Å². The molecular weight excluding hydrogens is 246 g/mol. The lowest BCUT2D eigenvalue weighted by atomic mass is 10.2. The molecule has 0 saturated carbocycles. The van der Waals surface area contributed by atoms with Gasteiger partial charge in [0.25, 0.3) is 0 Å². The van der Waals surface area contributed by atoms with E-state index >= 15 is 0 Å². The smallest absolute Gasteiger partial charge is 0.345 e. The number of aromatic nitrogens is 1. The van der Waals surface area contributed by atoms with E-state index in [2.05, 4.69) is 4.98 Å². The van der Waals surface area contributed by atoms with E-state index in [0.717, 1.165) is 0 Å². The molecular formula is C14H11NO4. The third-order valence-electron chi connectivity index (χ3n) is 2.45. The van der Waals surface area contributed by atoms with E-state index in [1.54, 1.807) is 36.5 Å². The van der Waals surface area contributed by atoms with Gasteiger partial charge in [-0.2, -0.15) is 0 Å². The Labute approximate surface area is 109 Å². The first-order valence-corrected chi connectivity index (χ1v) is 5.50. The Balaban J connectivity index is 2.33. The molecule has 0 amide bonds. The first-order chi connectivity index (χ1) is 9.26. The molecule has 96 valence electrons. The molecule has 0 aliphatic rings. The number of hydrogen-bond donors (Lipinski definition) is 0. The van der Waals surface area contributed by atoms with Crippen molar-refractivity contribution in [2.75, 3.05) is 7.11 Å². The van der Waals surface area contributed by atoms with Crippen LogP contribution in [0.2, 0.25) is 0 Å². The molecule has 1 aromatic heterocycles. The van der Waals surface area contributed by atoms with Crippen molar-refractivity contribution in [3.8, 4) is 11.5 Å². The van der Waals surface area contributed by atoms with Gasteiger partial charge in [0.05, 0.1) is 18.2 Å². The quantitative estimate of drug-likeness (QED) is 0.477. The van der Waals surface area contributed by atoms with E-state index in [1.807, 2.05) is 0 Å². The van der Waals surface area contributed by atoms with Gasteiger partial charge in [-0.15, -0.1) is 0 Å². The van der Waals surface area contributed by atoms with E-state index in [0.29, 0.717) is 17.6 Å². The van der Waals surface area contributed by atoms with Crippen molar-refractivity contribution in [3.05, 3.63) is 53.9 Å². The summed E-state index contributed by atoms with van der Waals surface area (Å²) in [6.07, 6.45) is 3.55. The molecule has 0 N–H and O–H groups in total. The summed E-state index contributed by atoms with van der Waals surface area (Å²) in [7, 11) is 1.44. The molecule has 19 heavy (non-hydrogen) atoms. The number of methoxy groups -OCH3 is 1. The normalized spacial score (nSPS) is 9.74. The Bertz CT molecular complexity index is 596. The van der Waals surface area contributed by atoms with Crippen molar-refractivity contribution in [2.45, 2.75) is 0 Å². The van der Waals surface area contributed by atoms with Crippen LogP contribution in [0.3, 0.4) is 0 Å². The highest BCUT2D eigenvalue weighted by Crippen LogP contribution is 2.30. The standard InChI is InChI=1S/C14H11NO4/c1-18-12-6-2-4-11(9-16)13(12)19-14(17)10-5-3-7-15-8-10/h2-9H,1H3. The molecule has 0 radical (unpaired) electrons. The topological polar surface area (TPSA) is 65.5 Å². The summed E-state index contributed by atoms with van der Waals surface area (Å²) in [6.45, 7) is 0. The first-order valence-electron chi connectivity index (χ1n) is 5.50. The summed E-state index contributed by atoms with van der Waals surface area (Å²) in [5.41, 5.74) is 0.543. The SMILES string of the molecule is COc1cccc(C=O)c1OC(=O)c1cccnc1. The number of pyridine rings is 1. The molecule has 0 fully saturated rings. The number of benzene rings is 1. The van der Waals surface area contributed by atoms with Crippen LogP contribution in [0.5, 0.6) is 11.5 Å². The van der Waals surface area contributed by atoms with Gasteiger partial charge >= 0.3 is 5.97 Å². The zero-order valence-electron chi connectivity index (χ0n) is 10.2. The van der Waals surface area contributed by atoms with E-state index in [9.17, 15) is 9.59 Å². The van der Waals surface area contributed by atoms with Crippen LogP contribution >= 0.6 is 0 Å². The van der Waals surface area contributed by atoms with Crippen LogP contribution in [0.1, 0.15) is 20.7 Å². The zero-order chi connectivity index (χ0) is 13.7. The molecule has 0 aliphatic carbocycles. The summed E-state index contributed by atoms with van der Waals surface area (Å²) in [4.78, 5) is 26.7. The predicted octanol–water partition coefficient (Wildman–Crippen LogP) is 2.12. The molecule has 0 atom stereocenters. The van der Waals surface area contributed by atoms with Crippen molar-refractivity contribution in [2.24, 2.45) is 0 Å². The number of para-hydroxylation sites is 1. The second kappa shape index (κ2) is 5.77. The van der Waals surface area contributed by atoms with Crippen LogP contribution in [0.25, 0.3) is 0 Å². The minimum atomic E-state index is -0.597. The van der Waals surface area contributed by atoms with Crippen LogP contribution in [-0.4, -0.2) is 24.3 Å². The maximum atomic E-state index is 11.9. The lowest BCUT2D eigenvalue weighted by molar-refractivity contribution is 0.0728. The Morgan fingerprint density at radius 2 is 2.11 bits per heavy atom. The van der Waals surface area contributed by atoms with Gasteiger partial charge in [-0.25, -0.2) is 4.79 Å². The van der Waals surface area contributed by atoms with Gasteiger partial charge < -0.3 is 9.47 Å². The lowest BCUT2D eigenvalue weighted by Gasteiger charge is -2.10. The third-order valence-corrected chi connectivity index (χ3v) is 2.45. The molecule has 0 spiro atoms. The van der Waals surface area contributed by atoms with Gasteiger partial charge in [-0.05, 0) is 24.3 Å². The highest BCUT2D eigenvalue weighted by molar-refractivity contribution is 5.93. The van der Waals surface area contributed by atoms with Gasteiger partial charge in [0, 0.05) is 12.4 Å². The van der Waals surface area contributed by atoms with E-state index in [-0.39, 0.29) is 11.3 Å². The monoisotopic (exact) mass is 257 g/mol. The number of carbonyl (C=O) groups excluding carboxylic acids is 2. The fourth-order valence-electron chi connectivity index (χ4n) is 1.53. The fourth-order valence-corrected chi connectivity index (χ4v) is 1.53. The number of nitrogens with zero attached hydrogens (tertiary/aromatic N) is 1. The summed E-state index contributed by atoms with van der Waals surface area (Å²) in [6, 6.07) is 8.00. The Morgan fingerprint density at radius 3 is 2.74 bits per heavy atom. The van der Waals surface area contributed by atoms with Gasteiger partial charge in [0.1, 0.15) is 0 Å². The molecule has 1 aromatic carbocycles. The second-order valence-corrected chi connectivity index (χ2v) is 3.63. The largest absolute Gasteiger partial charge is 0.493 e. The molecule has 0 aliphatic heterocycles. The van der Waals surface area contributed by atoms with Crippen LogP contribution in [0.4, 0.5) is 0 Å². The number of carbonyl (C=O) groups is 2. The molecule has 0 saturated heterocycles. The second-order valence-electron chi connectivity index (χ2n) is 3.63. The zero-order valence-corrected chi connectivity index (χ0v) is 10.2. The van der Waals surface area contributed by atoms with Gasteiger partial charge in [0.15, 0.2) is 17.8 Å². The molecule has 1 heterocycles. The Morgan fingerprint density at radius 1 is 1.26 bits per heavy atom. The number of esters is 1. The third kappa shape index (κ3) is 2.77. The molecule has 2 rings (SSSR count). The maximum Gasteiger partial charge on any atom is 0.345 e. The number of hydrogen-bond acceptors (Lipinski definition) is 5. The lowest BCUT2D eigenvalue weighted by Crippen LogP contribution is -2.10.